The summed E-state index contributed by atoms with van der Waals surface area (Å²) in [5.41, 5.74) is 0. The fourth-order valence-corrected chi connectivity index (χ4v) is 2.17. The molecular formula is C17H34O3. The summed E-state index contributed by atoms with van der Waals surface area (Å²) in [4.78, 5) is 10.5. The monoisotopic (exact) mass is 286 g/mol. The maximum absolute atomic E-state index is 10.5. The summed E-state index contributed by atoms with van der Waals surface area (Å²) in [6.07, 6.45) is 14.3. The minimum Gasteiger partial charge on any atom is -0.466 e. The van der Waals surface area contributed by atoms with Gasteiger partial charge < -0.3 is 9.47 Å². The van der Waals surface area contributed by atoms with Gasteiger partial charge in [-0.25, -0.2) is 0 Å². The Balaban J connectivity index is 2.94. The van der Waals surface area contributed by atoms with Crippen LogP contribution in [-0.4, -0.2) is 25.8 Å². The van der Waals surface area contributed by atoms with E-state index in [1.807, 2.05) is 0 Å². The maximum Gasteiger partial charge on any atom is 0.302 e. The van der Waals surface area contributed by atoms with Crippen molar-refractivity contribution in [1.82, 2.24) is 0 Å². The van der Waals surface area contributed by atoms with Crippen LogP contribution in [0.1, 0.15) is 84.5 Å². The molecule has 0 unspecified atom stereocenters. The van der Waals surface area contributed by atoms with E-state index in [1.165, 1.54) is 64.7 Å². The zero-order chi connectivity index (χ0) is 14.9. The highest BCUT2D eigenvalue weighted by Gasteiger charge is 1.95. The standard InChI is InChI=1S/C17H34O3/c1-3-4-5-6-7-8-9-10-11-12-14-19-15-13-16-20-17(2)18/h3-16H2,1-2H3. The molecule has 0 aromatic rings. The quantitative estimate of drug-likeness (QED) is 0.318. The van der Waals surface area contributed by atoms with E-state index in [1.54, 1.807) is 0 Å². The molecule has 120 valence electrons. The molecule has 0 heterocycles. The average molecular weight is 286 g/mol. The smallest absolute Gasteiger partial charge is 0.302 e. The van der Waals surface area contributed by atoms with Crippen molar-refractivity contribution in [2.24, 2.45) is 0 Å². The van der Waals surface area contributed by atoms with Crippen LogP contribution in [0.4, 0.5) is 0 Å². The Morgan fingerprint density at radius 3 is 1.75 bits per heavy atom. The fourth-order valence-electron chi connectivity index (χ4n) is 2.17. The highest BCUT2D eigenvalue weighted by molar-refractivity contribution is 5.65. The second kappa shape index (κ2) is 16.5. The second-order valence-corrected chi connectivity index (χ2v) is 5.49. The van der Waals surface area contributed by atoms with E-state index in [0.717, 1.165) is 19.4 Å². The Morgan fingerprint density at radius 2 is 1.20 bits per heavy atom. The third kappa shape index (κ3) is 17.4. The van der Waals surface area contributed by atoms with Gasteiger partial charge in [0.1, 0.15) is 0 Å². The van der Waals surface area contributed by atoms with Crippen LogP contribution in [0.15, 0.2) is 0 Å². The molecule has 0 rings (SSSR count). The van der Waals surface area contributed by atoms with Crippen molar-refractivity contribution in [3.8, 4) is 0 Å². The molecule has 0 spiro atoms. The van der Waals surface area contributed by atoms with Crippen LogP contribution in [0.3, 0.4) is 0 Å². The molecule has 0 aromatic carbocycles. The van der Waals surface area contributed by atoms with Crippen LogP contribution >= 0.6 is 0 Å². The van der Waals surface area contributed by atoms with E-state index in [4.69, 9.17) is 9.47 Å². The Hall–Kier alpha value is -0.570. The van der Waals surface area contributed by atoms with Crippen molar-refractivity contribution in [1.29, 1.82) is 0 Å². The largest absolute Gasteiger partial charge is 0.466 e. The highest BCUT2D eigenvalue weighted by Crippen LogP contribution is 2.10. The first-order chi connectivity index (χ1) is 9.77. The average Bonchev–Trinajstić information content (AvgIpc) is 2.43. The molecule has 0 saturated carbocycles. The molecule has 3 nitrogen and oxygen atoms in total. The van der Waals surface area contributed by atoms with Gasteiger partial charge >= 0.3 is 5.97 Å². The van der Waals surface area contributed by atoms with Crippen LogP contribution in [0.2, 0.25) is 0 Å². The van der Waals surface area contributed by atoms with Crippen molar-refractivity contribution < 1.29 is 14.3 Å². The lowest BCUT2D eigenvalue weighted by Crippen LogP contribution is -2.05. The van der Waals surface area contributed by atoms with E-state index in [0.29, 0.717) is 13.2 Å². The minimum atomic E-state index is -0.209. The molecule has 0 aliphatic carbocycles. The summed E-state index contributed by atoms with van der Waals surface area (Å²) in [5.74, 6) is -0.209. The van der Waals surface area contributed by atoms with Crippen molar-refractivity contribution >= 4 is 5.97 Å². The summed E-state index contributed by atoms with van der Waals surface area (Å²) >= 11 is 0. The molecule has 0 radical (unpaired) electrons. The topological polar surface area (TPSA) is 35.5 Å². The third-order valence-corrected chi connectivity index (χ3v) is 3.38. The van der Waals surface area contributed by atoms with Gasteiger partial charge in [0.15, 0.2) is 0 Å². The molecule has 0 saturated heterocycles. The first-order valence-electron chi connectivity index (χ1n) is 8.48. The third-order valence-electron chi connectivity index (χ3n) is 3.38. The first kappa shape index (κ1) is 19.4. The summed E-state index contributed by atoms with van der Waals surface area (Å²) < 4.78 is 10.3. The van der Waals surface area contributed by atoms with Crippen LogP contribution in [0.5, 0.6) is 0 Å². The minimum absolute atomic E-state index is 0.209. The van der Waals surface area contributed by atoms with Gasteiger partial charge in [0.05, 0.1) is 6.61 Å². The lowest BCUT2D eigenvalue weighted by atomic mass is 10.1. The van der Waals surface area contributed by atoms with E-state index in [-0.39, 0.29) is 5.97 Å². The number of rotatable bonds is 15. The zero-order valence-electron chi connectivity index (χ0n) is 13.6. The van der Waals surface area contributed by atoms with E-state index in [9.17, 15) is 4.79 Å². The number of hydrogen-bond acceptors (Lipinski definition) is 3. The normalized spacial score (nSPS) is 10.7. The van der Waals surface area contributed by atoms with Gasteiger partial charge in [-0.2, -0.15) is 0 Å². The van der Waals surface area contributed by atoms with Crippen molar-refractivity contribution in [3.63, 3.8) is 0 Å². The van der Waals surface area contributed by atoms with Gasteiger partial charge in [0.25, 0.3) is 0 Å². The van der Waals surface area contributed by atoms with Gasteiger partial charge in [-0.3, -0.25) is 4.79 Å². The molecular weight excluding hydrogens is 252 g/mol. The predicted octanol–water partition coefficient (Wildman–Crippen LogP) is 4.88. The molecule has 0 amide bonds. The predicted molar refractivity (Wildman–Crippen MR) is 83.9 cm³/mol. The number of esters is 1. The Kier molecular flexibility index (Phi) is 16.0. The second-order valence-electron chi connectivity index (χ2n) is 5.49. The van der Waals surface area contributed by atoms with Crippen molar-refractivity contribution in [3.05, 3.63) is 0 Å². The first-order valence-corrected chi connectivity index (χ1v) is 8.48. The summed E-state index contributed by atoms with van der Waals surface area (Å²) in [6, 6.07) is 0. The van der Waals surface area contributed by atoms with Gasteiger partial charge in [-0.15, -0.1) is 0 Å². The van der Waals surface area contributed by atoms with E-state index in [2.05, 4.69) is 6.92 Å². The zero-order valence-corrected chi connectivity index (χ0v) is 13.6. The Labute approximate surface area is 125 Å². The van der Waals surface area contributed by atoms with Crippen molar-refractivity contribution in [2.45, 2.75) is 84.5 Å². The Bertz CT molecular complexity index is 204. The SMILES string of the molecule is CCCCCCCCCCCCOCCCOC(C)=O. The number of carbonyl (C=O) groups excluding carboxylic acids is 1. The van der Waals surface area contributed by atoms with Crippen molar-refractivity contribution in [2.75, 3.05) is 19.8 Å². The maximum atomic E-state index is 10.5. The van der Waals surface area contributed by atoms with Gasteiger partial charge in [0, 0.05) is 26.6 Å². The van der Waals surface area contributed by atoms with Crippen LogP contribution in [-0.2, 0) is 14.3 Å². The van der Waals surface area contributed by atoms with E-state index >= 15 is 0 Å². The molecule has 0 bridgehead atoms. The van der Waals surface area contributed by atoms with Crippen LogP contribution < -0.4 is 0 Å². The molecule has 0 N–H and O–H groups in total. The summed E-state index contributed by atoms with van der Waals surface area (Å²) in [6.45, 7) is 5.72. The Morgan fingerprint density at radius 1 is 0.700 bits per heavy atom. The lowest BCUT2D eigenvalue weighted by molar-refractivity contribution is -0.141. The summed E-state index contributed by atoms with van der Waals surface area (Å²) in [5, 5.41) is 0. The molecule has 0 aromatic heterocycles. The number of ether oxygens (including phenoxy) is 2. The number of unbranched alkanes of at least 4 members (excludes halogenated alkanes) is 9. The molecule has 20 heavy (non-hydrogen) atoms. The lowest BCUT2D eigenvalue weighted by Gasteiger charge is -2.05. The van der Waals surface area contributed by atoms with Crippen LogP contribution in [0.25, 0.3) is 0 Å². The van der Waals surface area contributed by atoms with E-state index < -0.39 is 0 Å². The van der Waals surface area contributed by atoms with Crippen LogP contribution in [0, 0.1) is 0 Å². The number of hydrogen-bond donors (Lipinski definition) is 0. The van der Waals surface area contributed by atoms with Gasteiger partial charge in [-0.05, 0) is 6.42 Å². The van der Waals surface area contributed by atoms with Gasteiger partial charge in [0.2, 0.25) is 0 Å². The molecule has 0 aliphatic rings. The molecule has 3 heteroatoms. The molecule has 0 fully saturated rings. The summed E-state index contributed by atoms with van der Waals surface area (Å²) in [7, 11) is 0. The number of carbonyl (C=O) groups is 1. The molecule has 0 atom stereocenters. The highest BCUT2D eigenvalue weighted by atomic mass is 16.5. The molecule has 0 aliphatic heterocycles. The van der Waals surface area contributed by atoms with Gasteiger partial charge in [-0.1, -0.05) is 64.7 Å². The fraction of sp³-hybridized carbons (Fsp3) is 0.941.